The van der Waals surface area contributed by atoms with Crippen molar-refractivity contribution >= 4 is 15.9 Å². The van der Waals surface area contributed by atoms with Crippen molar-refractivity contribution in [3.05, 3.63) is 99.8 Å². The zero-order chi connectivity index (χ0) is 21.8. The molecule has 1 aromatic heterocycles. The standard InChI is InChI=1S/C24H24BrN5O/c1-17-9-7-8-12-21(17)30-24(26-27-28-30)23(18-10-5-4-6-11-18)29(2)16-19-15-20(25)13-14-22(19)31-3/h4-15,23H,16H2,1-3H3. The molecule has 0 spiro atoms. The van der Waals surface area contributed by atoms with Gasteiger partial charge in [0.1, 0.15) is 5.75 Å². The van der Waals surface area contributed by atoms with Crippen molar-refractivity contribution in [3.63, 3.8) is 0 Å². The maximum atomic E-state index is 5.59. The van der Waals surface area contributed by atoms with Crippen LogP contribution in [0.2, 0.25) is 0 Å². The summed E-state index contributed by atoms with van der Waals surface area (Å²) in [6.45, 7) is 2.72. The van der Waals surface area contributed by atoms with Crippen LogP contribution in [0.4, 0.5) is 0 Å². The smallest absolute Gasteiger partial charge is 0.178 e. The molecule has 31 heavy (non-hydrogen) atoms. The molecule has 0 saturated heterocycles. The van der Waals surface area contributed by atoms with Gasteiger partial charge in [-0.2, -0.15) is 4.68 Å². The third-order valence-electron chi connectivity index (χ3n) is 5.30. The van der Waals surface area contributed by atoms with E-state index in [1.807, 2.05) is 53.2 Å². The van der Waals surface area contributed by atoms with Crippen LogP contribution in [0.3, 0.4) is 0 Å². The predicted molar refractivity (Wildman–Crippen MR) is 124 cm³/mol. The summed E-state index contributed by atoms with van der Waals surface area (Å²) >= 11 is 3.58. The highest BCUT2D eigenvalue weighted by Gasteiger charge is 2.27. The molecular weight excluding hydrogens is 454 g/mol. The van der Waals surface area contributed by atoms with E-state index in [0.717, 1.165) is 38.4 Å². The van der Waals surface area contributed by atoms with Gasteiger partial charge in [0.05, 0.1) is 18.8 Å². The Bertz CT molecular complexity index is 1160. The number of nitrogens with zero attached hydrogens (tertiary/aromatic N) is 5. The van der Waals surface area contributed by atoms with Crippen molar-refractivity contribution in [3.8, 4) is 11.4 Å². The third-order valence-corrected chi connectivity index (χ3v) is 5.79. The van der Waals surface area contributed by atoms with Crippen molar-refractivity contribution < 1.29 is 4.74 Å². The molecule has 0 bridgehead atoms. The molecule has 0 aliphatic carbocycles. The van der Waals surface area contributed by atoms with Crippen molar-refractivity contribution in [2.45, 2.75) is 19.5 Å². The minimum absolute atomic E-state index is 0.153. The molecule has 3 aromatic carbocycles. The first-order valence-corrected chi connectivity index (χ1v) is 10.8. The molecular formula is C24H24BrN5O. The largest absolute Gasteiger partial charge is 0.496 e. The van der Waals surface area contributed by atoms with Gasteiger partial charge in [-0.1, -0.05) is 64.5 Å². The Balaban J connectivity index is 1.78. The van der Waals surface area contributed by atoms with E-state index in [9.17, 15) is 0 Å². The summed E-state index contributed by atoms with van der Waals surface area (Å²) in [6.07, 6.45) is 0. The number of aryl methyl sites for hydroxylation is 1. The van der Waals surface area contributed by atoms with Crippen LogP contribution >= 0.6 is 15.9 Å². The Morgan fingerprint density at radius 2 is 1.77 bits per heavy atom. The number of para-hydroxylation sites is 1. The third kappa shape index (κ3) is 4.52. The van der Waals surface area contributed by atoms with Gasteiger partial charge in [-0.05, 0) is 59.8 Å². The van der Waals surface area contributed by atoms with Crippen LogP contribution in [0.5, 0.6) is 5.75 Å². The van der Waals surface area contributed by atoms with Crippen LogP contribution in [0.1, 0.15) is 28.6 Å². The second-order valence-corrected chi connectivity index (χ2v) is 8.34. The SMILES string of the molecule is COc1ccc(Br)cc1CN(C)C(c1ccccc1)c1nnnn1-c1ccccc1C. The molecule has 0 saturated carbocycles. The second kappa shape index (κ2) is 9.41. The van der Waals surface area contributed by atoms with Gasteiger partial charge in [0.15, 0.2) is 5.82 Å². The number of benzene rings is 3. The summed E-state index contributed by atoms with van der Waals surface area (Å²) in [7, 11) is 3.77. The molecule has 0 radical (unpaired) electrons. The highest BCUT2D eigenvalue weighted by molar-refractivity contribution is 9.10. The average Bonchev–Trinajstić information content (AvgIpc) is 3.24. The van der Waals surface area contributed by atoms with E-state index in [1.165, 1.54) is 0 Å². The lowest BCUT2D eigenvalue weighted by molar-refractivity contribution is 0.254. The maximum Gasteiger partial charge on any atom is 0.178 e. The van der Waals surface area contributed by atoms with E-state index >= 15 is 0 Å². The van der Waals surface area contributed by atoms with Crippen LogP contribution in [0, 0.1) is 6.92 Å². The van der Waals surface area contributed by atoms with Crippen molar-refractivity contribution in [1.29, 1.82) is 0 Å². The molecule has 7 heteroatoms. The van der Waals surface area contributed by atoms with Crippen LogP contribution in [0.15, 0.2) is 77.3 Å². The van der Waals surface area contributed by atoms with Crippen LogP contribution < -0.4 is 4.74 Å². The number of halogens is 1. The van der Waals surface area contributed by atoms with Gasteiger partial charge in [-0.25, -0.2) is 0 Å². The Kier molecular flexibility index (Phi) is 6.44. The van der Waals surface area contributed by atoms with E-state index in [1.54, 1.807) is 7.11 Å². The zero-order valence-corrected chi connectivity index (χ0v) is 19.3. The number of hydrogen-bond acceptors (Lipinski definition) is 5. The van der Waals surface area contributed by atoms with Gasteiger partial charge < -0.3 is 4.74 Å². The average molecular weight is 478 g/mol. The van der Waals surface area contributed by atoms with Gasteiger partial charge in [-0.15, -0.1) is 5.10 Å². The summed E-state index contributed by atoms with van der Waals surface area (Å²) < 4.78 is 8.44. The predicted octanol–water partition coefficient (Wildman–Crippen LogP) is 4.96. The lowest BCUT2D eigenvalue weighted by Crippen LogP contribution is -2.28. The lowest BCUT2D eigenvalue weighted by atomic mass is 10.0. The van der Waals surface area contributed by atoms with Crippen LogP contribution in [0.25, 0.3) is 5.69 Å². The minimum Gasteiger partial charge on any atom is -0.496 e. The van der Waals surface area contributed by atoms with Crippen molar-refractivity contribution in [1.82, 2.24) is 25.1 Å². The number of rotatable bonds is 7. The van der Waals surface area contributed by atoms with Gasteiger partial charge in [0.25, 0.3) is 0 Å². The topological polar surface area (TPSA) is 56.1 Å². The summed E-state index contributed by atoms with van der Waals surface area (Å²) in [5.74, 6) is 1.61. The van der Waals surface area contributed by atoms with Gasteiger partial charge in [0, 0.05) is 16.6 Å². The molecule has 1 heterocycles. The molecule has 0 fully saturated rings. The molecule has 0 aliphatic rings. The molecule has 0 N–H and O–H groups in total. The van der Waals surface area contributed by atoms with Crippen molar-refractivity contribution in [2.75, 3.05) is 14.2 Å². The molecule has 158 valence electrons. The lowest BCUT2D eigenvalue weighted by Gasteiger charge is -2.28. The highest BCUT2D eigenvalue weighted by atomic mass is 79.9. The Labute approximate surface area is 190 Å². The van der Waals surface area contributed by atoms with Gasteiger partial charge >= 0.3 is 0 Å². The van der Waals surface area contributed by atoms with Gasteiger partial charge in [-0.3, -0.25) is 4.90 Å². The highest BCUT2D eigenvalue weighted by Crippen LogP contribution is 2.31. The van der Waals surface area contributed by atoms with E-state index in [0.29, 0.717) is 6.54 Å². The molecule has 6 nitrogen and oxygen atoms in total. The molecule has 4 aromatic rings. The summed E-state index contributed by atoms with van der Waals surface area (Å²) in [5.41, 5.74) is 4.27. The molecule has 1 unspecified atom stereocenters. The molecule has 1 atom stereocenters. The fourth-order valence-electron chi connectivity index (χ4n) is 3.80. The van der Waals surface area contributed by atoms with Crippen molar-refractivity contribution in [2.24, 2.45) is 0 Å². The number of aromatic nitrogens is 4. The number of ether oxygens (including phenoxy) is 1. The zero-order valence-electron chi connectivity index (χ0n) is 17.7. The Hall–Kier alpha value is -3.03. The fraction of sp³-hybridized carbons (Fsp3) is 0.208. The maximum absolute atomic E-state index is 5.59. The van der Waals surface area contributed by atoms with E-state index in [2.05, 4.69) is 74.6 Å². The minimum atomic E-state index is -0.153. The van der Waals surface area contributed by atoms with E-state index in [4.69, 9.17) is 4.74 Å². The number of tetrazole rings is 1. The van der Waals surface area contributed by atoms with Crippen LogP contribution in [-0.4, -0.2) is 39.3 Å². The van der Waals surface area contributed by atoms with Crippen LogP contribution in [-0.2, 0) is 6.54 Å². The molecule has 0 amide bonds. The number of methoxy groups -OCH3 is 1. The summed E-state index contributed by atoms with van der Waals surface area (Å²) in [6, 6.07) is 24.3. The molecule has 4 rings (SSSR count). The van der Waals surface area contributed by atoms with E-state index < -0.39 is 0 Å². The fourth-order valence-corrected chi connectivity index (χ4v) is 4.21. The van der Waals surface area contributed by atoms with E-state index in [-0.39, 0.29) is 6.04 Å². The second-order valence-electron chi connectivity index (χ2n) is 7.42. The first-order valence-electron chi connectivity index (χ1n) is 10.0. The summed E-state index contributed by atoms with van der Waals surface area (Å²) in [5, 5.41) is 12.8. The first kappa shape index (κ1) is 21.2. The number of hydrogen-bond donors (Lipinski definition) is 0. The summed E-state index contributed by atoms with van der Waals surface area (Å²) in [4.78, 5) is 2.24. The quantitative estimate of drug-likeness (QED) is 0.376. The monoisotopic (exact) mass is 477 g/mol. The van der Waals surface area contributed by atoms with Gasteiger partial charge in [0.2, 0.25) is 0 Å². The molecule has 0 aliphatic heterocycles. The Morgan fingerprint density at radius 1 is 1.03 bits per heavy atom. The normalized spacial score (nSPS) is 12.2. The Morgan fingerprint density at radius 3 is 2.52 bits per heavy atom. The first-order chi connectivity index (χ1) is 15.1.